The van der Waals surface area contributed by atoms with E-state index in [0.29, 0.717) is 32.3 Å². The number of carboxylic acids is 1. The molecule has 0 aliphatic heterocycles. The molecule has 20 heavy (non-hydrogen) atoms. The van der Waals surface area contributed by atoms with Crippen molar-refractivity contribution in [3.05, 3.63) is 0 Å². The molecule has 1 saturated carbocycles. The van der Waals surface area contributed by atoms with Crippen LogP contribution in [0, 0.1) is 0 Å². The molecule has 0 aromatic carbocycles. The van der Waals surface area contributed by atoms with Crippen LogP contribution in [0.25, 0.3) is 0 Å². The molecule has 118 valence electrons. The largest absolute Gasteiger partial charge is 0.480 e. The molecule has 2 N–H and O–H groups in total. The zero-order valence-electron chi connectivity index (χ0n) is 13.0. The van der Waals surface area contributed by atoms with Crippen molar-refractivity contribution >= 4 is 5.97 Å². The van der Waals surface area contributed by atoms with Gasteiger partial charge in [-0.3, -0.25) is 10.1 Å². The van der Waals surface area contributed by atoms with Crippen LogP contribution < -0.4 is 5.32 Å². The first-order chi connectivity index (χ1) is 9.44. The number of carboxylic acid groups (broad SMARTS) is 1. The van der Waals surface area contributed by atoms with E-state index in [4.69, 9.17) is 9.47 Å². The van der Waals surface area contributed by atoms with Gasteiger partial charge in [0, 0.05) is 12.6 Å². The zero-order chi connectivity index (χ0) is 15.0. The summed E-state index contributed by atoms with van der Waals surface area (Å²) in [4.78, 5) is 11.3. The fourth-order valence-corrected chi connectivity index (χ4v) is 2.05. The van der Waals surface area contributed by atoms with Gasteiger partial charge in [0.25, 0.3) is 0 Å². The van der Waals surface area contributed by atoms with Gasteiger partial charge in [0.05, 0.1) is 19.3 Å². The van der Waals surface area contributed by atoms with E-state index < -0.39 is 11.5 Å². The van der Waals surface area contributed by atoms with Crippen molar-refractivity contribution in [3.63, 3.8) is 0 Å². The first-order valence-corrected chi connectivity index (χ1v) is 7.64. The van der Waals surface area contributed by atoms with Crippen LogP contribution >= 0.6 is 0 Å². The minimum atomic E-state index is -0.790. The summed E-state index contributed by atoms with van der Waals surface area (Å²) in [6, 6.07) is 0.403. The average Bonchev–Trinajstić information content (AvgIpc) is 3.15. The maximum absolute atomic E-state index is 11.3. The number of unbranched alkanes of at least 4 members (excludes halogenated alkanes) is 1. The SMILES string of the molecule is CC(C)OCCOCCCCC(C)(NC1CC1)C(=O)O. The summed E-state index contributed by atoms with van der Waals surface area (Å²) in [5.41, 5.74) is -0.790. The average molecular weight is 287 g/mol. The molecule has 1 aliphatic carbocycles. The summed E-state index contributed by atoms with van der Waals surface area (Å²) in [5, 5.41) is 12.6. The van der Waals surface area contributed by atoms with E-state index in [1.54, 1.807) is 6.92 Å². The van der Waals surface area contributed by atoms with Gasteiger partial charge in [-0.15, -0.1) is 0 Å². The second-order valence-corrected chi connectivity index (χ2v) is 6.04. The molecule has 0 amide bonds. The zero-order valence-corrected chi connectivity index (χ0v) is 13.0. The van der Waals surface area contributed by atoms with Crippen LogP contribution in [0.4, 0.5) is 0 Å². The van der Waals surface area contributed by atoms with Gasteiger partial charge < -0.3 is 14.6 Å². The maximum Gasteiger partial charge on any atom is 0.323 e. The van der Waals surface area contributed by atoms with Crippen LogP contribution in [0.1, 0.15) is 52.9 Å². The molecule has 0 radical (unpaired) electrons. The van der Waals surface area contributed by atoms with Crippen LogP contribution in [-0.4, -0.2) is 48.6 Å². The highest BCUT2D eigenvalue weighted by molar-refractivity contribution is 5.78. The predicted molar refractivity (Wildman–Crippen MR) is 78.0 cm³/mol. The Labute approximate surface area is 122 Å². The molecule has 0 saturated heterocycles. The molecule has 1 fully saturated rings. The summed E-state index contributed by atoms with van der Waals surface area (Å²) in [6.45, 7) is 7.67. The molecular weight excluding hydrogens is 258 g/mol. The van der Waals surface area contributed by atoms with Gasteiger partial charge in [-0.1, -0.05) is 0 Å². The topological polar surface area (TPSA) is 67.8 Å². The molecule has 0 spiro atoms. The van der Waals surface area contributed by atoms with Gasteiger partial charge in [0.2, 0.25) is 0 Å². The van der Waals surface area contributed by atoms with Crippen LogP contribution in [0.2, 0.25) is 0 Å². The van der Waals surface area contributed by atoms with Crippen LogP contribution in [0.15, 0.2) is 0 Å². The normalized spacial score (nSPS) is 18.2. The van der Waals surface area contributed by atoms with Crippen molar-refractivity contribution in [2.75, 3.05) is 19.8 Å². The molecule has 0 heterocycles. The summed E-state index contributed by atoms with van der Waals surface area (Å²) in [5.74, 6) is -0.754. The van der Waals surface area contributed by atoms with Crippen molar-refractivity contribution in [2.45, 2.75) is 70.6 Å². The maximum atomic E-state index is 11.3. The van der Waals surface area contributed by atoms with Crippen molar-refractivity contribution in [1.29, 1.82) is 0 Å². The second-order valence-electron chi connectivity index (χ2n) is 6.04. The number of rotatable bonds is 12. The summed E-state index contributed by atoms with van der Waals surface area (Å²) in [7, 11) is 0. The molecule has 0 aromatic rings. The number of carbonyl (C=O) groups is 1. The molecule has 5 heteroatoms. The number of ether oxygens (including phenoxy) is 2. The van der Waals surface area contributed by atoms with Crippen LogP contribution in [0.3, 0.4) is 0 Å². The second kappa shape index (κ2) is 8.60. The molecule has 1 rings (SSSR count). The van der Waals surface area contributed by atoms with E-state index in [1.165, 1.54) is 0 Å². The summed E-state index contributed by atoms with van der Waals surface area (Å²) < 4.78 is 10.8. The van der Waals surface area contributed by atoms with E-state index in [9.17, 15) is 9.90 Å². The molecule has 0 bridgehead atoms. The molecular formula is C15H29NO4. The molecule has 0 aromatic heterocycles. The highest BCUT2D eigenvalue weighted by atomic mass is 16.5. The van der Waals surface area contributed by atoms with Crippen LogP contribution in [0.5, 0.6) is 0 Å². The summed E-state index contributed by atoms with van der Waals surface area (Å²) >= 11 is 0. The minimum absolute atomic E-state index is 0.239. The van der Waals surface area contributed by atoms with Crippen molar-refractivity contribution in [3.8, 4) is 0 Å². The third kappa shape index (κ3) is 7.22. The lowest BCUT2D eigenvalue weighted by Gasteiger charge is -2.26. The Morgan fingerprint density at radius 2 is 2.00 bits per heavy atom. The Morgan fingerprint density at radius 3 is 2.55 bits per heavy atom. The fraction of sp³-hybridized carbons (Fsp3) is 0.933. The number of nitrogens with one attached hydrogen (secondary N) is 1. The first kappa shape index (κ1) is 17.4. The van der Waals surface area contributed by atoms with Crippen molar-refractivity contribution < 1.29 is 19.4 Å². The minimum Gasteiger partial charge on any atom is -0.480 e. The van der Waals surface area contributed by atoms with E-state index in [-0.39, 0.29) is 6.10 Å². The van der Waals surface area contributed by atoms with E-state index in [1.807, 2.05) is 13.8 Å². The van der Waals surface area contributed by atoms with Gasteiger partial charge in [-0.25, -0.2) is 0 Å². The van der Waals surface area contributed by atoms with Crippen LogP contribution in [-0.2, 0) is 14.3 Å². The highest BCUT2D eigenvalue weighted by Gasteiger charge is 2.37. The summed E-state index contributed by atoms with van der Waals surface area (Å²) in [6.07, 6.45) is 4.82. The predicted octanol–water partition coefficient (Wildman–Crippen LogP) is 2.19. The monoisotopic (exact) mass is 287 g/mol. The standard InChI is InChI=1S/C15H29NO4/c1-12(2)20-11-10-19-9-5-4-8-15(3,14(17)18)16-13-6-7-13/h12-13,16H,4-11H2,1-3H3,(H,17,18). The lowest BCUT2D eigenvalue weighted by Crippen LogP contribution is -2.50. The molecule has 1 aliphatic rings. The number of hydrogen-bond donors (Lipinski definition) is 2. The van der Waals surface area contributed by atoms with Gasteiger partial charge >= 0.3 is 5.97 Å². The third-order valence-corrected chi connectivity index (χ3v) is 3.47. The van der Waals surface area contributed by atoms with E-state index in [0.717, 1.165) is 25.7 Å². The highest BCUT2D eigenvalue weighted by Crippen LogP contribution is 2.25. The first-order valence-electron chi connectivity index (χ1n) is 7.64. The van der Waals surface area contributed by atoms with Gasteiger partial charge in [-0.05, 0) is 52.9 Å². The van der Waals surface area contributed by atoms with E-state index >= 15 is 0 Å². The Kier molecular flexibility index (Phi) is 7.48. The Morgan fingerprint density at radius 1 is 1.30 bits per heavy atom. The van der Waals surface area contributed by atoms with Crippen molar-refractivity contribution in [1.82, 2.24) is 5.32 Å². The van der Waals surface area contributed by atoms with Gasteiger partial charge in [0.1, 0.15) is 5.54 Å². The fourth-order valence-electron chi connectivity index (χ4n) is 2.05. The Hall–Kier alpha value is -0.650. The van der Waals surface area contributed by atoms with Crippen molar-refractivity contribution in [2.24, 2.45) is 0 Å². The Bertz CT molecular complexity index is 292. The molecule has 1 unspecified atom stereocenters. The van der Waals surface area contributed by atoms with Gasteiger partial charge in [-0.2, -0.15) is 0 Å². The van der Waals surface area contributed by atoms with E-state index in [2.05, 4.69) is 5.32 Å². The Balaban J connectivity index is 2.04. The number of hydrogen-bond acceptors (Lipinski definition) is 4. The lowest BCUT2D eigenvalue weighted by atomic mass is 9.95. The molecule has 1 atom stereocenters. The number of aliphatic carboxylic acids is 1. The third-order valence-electron chi connectivity index (χ3n) is 3.47. The smallest absolute Gasteiger partial charge is 0.323 e. The quantitative estimate of drug-likeness (QED) is 0.539. The van der Waals surface area contributed by atoms with Gasteiger partial charge in [0.15, 0.2) is 0 Å². The molecule has 5 nitrogen and oxygen atoms in total. The lowest BCUT2D eigenvalue weighted by molar-refractivity contribution is -0.144.